The number of hydrogen-bond donors (Lipinski definition) is 0. The van der Waals surface area contributed by atoms with Crippen LogP contribution in [0.2, 0.25) is 0 Å². The number of likely N-dealkylation sites (tertiary alicyclic amines) is 1. The van der Waals surface area contributed by atoms with Gasteiger partial charge < -0.3 is 4.42 Å². The Balaban J connectivity index is 1.70. The highest BCUT2D eigenvalue weighted by molar-refractivity contribution is 6.20. The molecule has 0 aromatic carbocycles. The Bertz CT molecular complexity index is 442. The Kier molecular flexibility index (Phi) is 3.22. The van der Waals surface area contributed by atoms with E-state index in [-0.39, 0.29) is 5.38 Å². The summed E-state index contributed by atoms with van der Waals surface area (Å²) in [5.74, 6) is 0.896. The van der Waals surface area contributed by atoms with Gasteiger partial charge in [0, 0.05) is 19.1 Å². The average Bonchev–Trinajstić information content (AvgIpc) is 2.84. The van der Waals surface area contributed by atoms with Crippen molar-refractivity contribution in [3.8, 4) is 0 Å². The van der Waals surface area contributed by atoms with E-state index in [0.717, 1.165) is 12.3 Å². The number of alkyl halides is 1. The summed E-state index contributed by atoms with van der Waals surface area (Å²) in [5, 5.41) is -0.0268. The Labute approximate surface area is 121 Å². The van der Waals surface area contributed by atoms with Crippen molar-refractivity contribution < 1.29 is 4.42 Å². The Hall–Kier alpha value is -0.470. The topological polar surface area (TPSA) is 16.4 Å². The summed E-state index contributed by atoms with van der Waals surface area (Å²) in [6, 6.07) is 4.59. The molecular formula is C16H24ClNO. The van der Waals surface area contributed by atoms with Crippen LogP contribution in [0.4, 0.5) is 0 Å². The van der Waals surface area contributed by atoms with Crippen molar-refractivity contribution in [3.63, 3.8) is 0 Å². The lowest BCUT2D eigenvalue weighted by Crippen LogP contribution is -2.35. The molecule has 1 aliphatic heterocycles. The van der Waals surface area contributed by atoms with Crippen LogP contribution in [-0.2, 0) is 0 Å². The summed E-state index contributed by atoms with van der Waals surface area (Å²) in [6.45, 7) is 9.35. The molecule has 1 saturated carbocycles. The zero-order chi connectivity index (χ0) is 13.7. The molecule has 19 heavy (non-hydrogen) atoms. The molecule has 3 rings (SSSR count). The monoisotopic (exact) mass is 281 g/mol. The van der Waals surface area contributed by atoms with E-state index in [2.05, 4.69) is 25.7 Å². The Morgan fingerprint density at radius 1 is 1.42 bits per heavy atom. The van der Waals surface area contributed by atoms with Gasteiger partial charge >= 0.3 is 0 Å². The highest BCUT2D eigenvalue weighted by Crippen LogP contribution is 2.52. The zero-order valence-corrected chi connectivity index (χ0v) is 12.9. The third-order valence-corrected chi connectivity index (χ3v) is 5.12. The third-order valence-electron chi connectivity index (χ3n) is 4.77. The molecule has 3 atom stereocenters. The molecule has 0 spiro atoms. The lowest BCUT2D eigenvalue weighted by atomic mass is 9.65. The van der Waals surface area contributed by atoms with E-state index in [1.54, 1.807) is 6.26 Å². The van der Waals surface area contributed by atoms with Crippen LogP contribution in [0.3, 0.4) is 0 Å². The second kappa shape index (κ2) is 4.53. The van der Waals surface area contributed by atoms with Gasteiger partial charge in [-0.05, 0) is 42.2 Å². The molecule has 2 nitrogen and oxygen atoms in total. The zero-order valence-electron chi connectivity index (χ0n) is 12.2. The molecule has 3 heteroatoms. The van der Waals surface area contributed by atoms with Gasteiger partial charge in [0.1, 0.15) is 11.1 Å². The van der Waals surface area contributed by atoms with Crippen molar-refractivity contribution in [3.05, 3.63) is 24.2 Å². The van der Waals surface area contributed by atoms with Crippen molar-refractivity contribution in [2.75, 3.05) is 13.1 Å². The van der Waals surface area contributed by atoms with Gasteiger partial charge in [0.25, 0.3) is 0 Å². The second-order valence-electron chi connectivity index (χ2n) is 7.63. The van der Waals surface area contributed by atoms with Gasteiger partial charge in [0.2, 0.25) is 0 Å². The largest absolute Gasteiger partial charge is 0.468 e. The molecule has 1 aromatic rings. The number of hydrogen-bond acceptors (Lipinski definition) is 2. The standard InChI is InChI=1S/C16H24ClNO/c1-15(2)7-12-8-16(3,10-15)11-18(12)9-13(17)14-5-4-6-19-14/h4-6,12-13H,7-11H2,1-3H3. The normalized spacial score (nSPS) is 35.5. The minimum Gasteiger partial charge on any atom is -0.468 e. The molecule has 2 heterocycles. The van der Waals surface area contributed by atoms with Crippen LogP contribution in [0.1, 0.15) is 51.2 Å². The van der Waals surface area contributed by atoms with Gasteiger partial charge in [0.05, 0.1) is 6.26 Å². The van der Waals surface area contributed by atoms with Gasteiger partial charge in [-0.2, -0.15) is 0 Å². The quantitative estimate of drug-likeness (QED) is 0.761. The number of furan rings is 1. The lowest BCUT2D eigenvalue weighted by molar-refractivity contribution is 0.127. The maximum absolute atomic E-state index is 6.50. The summed E-state index contributed by atoms with van der Waals surface area (Å²) in [4.78, 5) is 2.59. The molecule has 1 aromatic heterocycles. The summed E-state index contributed by atoms with van der Waals surface area (Å²) >= 11 is 6.50. The Morgan fingerprint density at radius 3 is 2.89 bits per heavy atom. The predicted octanol–water partition coefficient (Wildman–Crippen LogP) is 4.46. The van der Waals surface area contributed by atoms with Crippen molar-refractivity contribution in [1.29, 1.82) is 0 Å². The maximum Gasteiger partial charge on any atom is 0.122 e. The minimum absolute atomic E-state index is 0.0268. The smallest absolute Gasteiger partial charge is 0.122 e. The molecule has 1 saturated heterocycles. The van der Waals surface area contributed by atoms with E-state index in [4.69, 9.17) is 16.0 Å². The molecule has 2 fully saturated rings. The molecule has 2 bridgehead atoms. The molecule has 0 radical (unpaired) electrons. The molecule has 0 N–H and O–H groups in total. The summed E-state index contributed by atoms with van der Waals surface area (Å²) in [6.07, 6.45) is 5.67. The maximum atomic E-state index is 6.50. The van der Waals surface area contributed by atoms with Crippen molar-refractivity contribution in [2.24, 2.45) is 10.8 Å². The van der Waals surface area contributed by atoms with E-state index >= 15 is 0 Å². The van der Waals surface area contributed by atoms with E-state index in [1.807, 2.05) is 12.1 Å². The minimum atomic E-state index is -0.0268. The molecular weight excluding hydrogens is 258 g/mol. The first kappa shape index (κ1) is 13.5. The highest BCUT2D eigenvalue weighted by Gasteiger charge is 2.49. The number of nitrogens with zero attached hydrogens (tertiary/aromatic N) is 1. The van der Waals surface area contributed by atoms with Crippen LogP contribution in [0.5, 0.6) is 0 Å². The van der Waals surface area contributed by atoms with Gasteiger partial charge in [0.15, 0.2) is 0 Å². The van der Waals surface area contributed by atoms with E-state index in [9.17, 15) is 0 Å². The van der Waals surface area contributed by atoms with Crippen LogP contribution in [-0.4, -0.2) is 24.0 Å². The van der Waals surface area contributed by atoms with Crippen molar-refractivity contribution in [1.82, 2.24) is 4.90 Å². The van der Waals surface area contributed by atoms with E-state index < -0.39 is 0 Å². The van der Waals surface area contributed by atoms with Gasteiger partial charge in [-0.3, -0.25) is 4.90 Å². The van der Waals surface area contributed by atoms with Gasteiger partial charge in [-0.1, -0.05) is 20.8 Å². The van der Waals surface area contributed by atoms with Gasteiger partial charge in [-0.25, -0.2) is 0 Å². The average molecular weight is 282 g/mol. The van der Waals surface area contributed by atoms with Crippen molar-refractivity contribution in [2.45, 2.75) is 51.5 Å². The van der Waals surface area contributed by atoms with Crippen LogP contribution in [0, 0.1) is 10.8 Å². The number of fused-ring (bicyclic) bond motifs is 2. The number of halogens is 1. The van der Waals surface area contributed by atoms with Crippen LogP contribution >= 0.6 is 11.6 Å². The number of rotatable bonds is 3. The molecule has 0 amide bonds. The fraction of sp³-hybridized carbons (Fsp3) is 0.750. The van der Waals surface area contributed by atoms with Crippen LogP contribution in [0.25, 0.3) is 0 Å². The van der Waals surface area contributed by atoms with Gasteiger partial charge in [-0.15, -0.1) is 11.6 Å². The fourth-order valence-corrected chi connectivity index (χ4v) is 4.86. The first-order valence-corrected chi connectivity index (χ1v) is 7.72. The molecule has 2 aliphatic rings. The lowest BCUT2D eigenvalue weighted by Gasteiger charge is -2.40. The fourth-order valence-electron chi connectivity index (χ4n) is 4.56. The molecule has 106 valence electrons. The molecule has 1 aliphatic carbocycles. The predicted molar refractivity (Wildman–Crippen MR) is 78.4 cm³/mol. The highest BCUT2D eigenvalue weighted by atomic mass is 35.5. The Morgan fingerprint density at radius 2 is 2.21 bits per heavy atom. The summed E-state index contributed by atoms with van der Waals surface area (Å²) < 4.78 is 5.42. The second-order valence-corrected chi connectivity index (χ2v) is 8.15. The third kappa shape index (κ3) is 2.71. The first-order chi connectivity index (χ1) is 8.87. The van der Waals surface area contributed by atoms with Crippen LogP contribution < -0.4 is 0 Å². The van der Waals surface area contributed by atoms with Crippen molar-refractivity contribution >= 4 is 11.6 Å². The van der Waals surface area contributed by atoms with E-state index in [1.165, 1.54) is 25.8 Å². The summed E-state index contributed by atoms with van der Waals surface area (Å²) in [5.41, 5.74) is 0.950. The molecule has 3 unspecified atom stereocenters. The first-order valence-electron chi connectivity index (χ1n) is 7.29. The SMILES string of the molecule is CC1(C)CC2CC(C)(CN2CC(Cl)c2ccco2)C1. The van der Waals surface area contributed by atoms with E-state index in [0.29, 0.717) is 16.9 Å². The van der Waals surface area contributed by atoms with Crippen LogP contribution in [0.15, 0.2) is 22.8 Å². The summed E-state index contributed by atoms with van der Waals surface area (Å²) in [7, 11) is 0.